The first-order chi connectivity index (χ1) is 13.3. The minimum atomic E-state index is -3.52. The van der Waals surface area contributed by atoms with Crippen LogP contribution in [-0.2, 0) is 9.84 Å². The van der Waals surface area contributed by atoms with E-state index in [4.69, 9.17) is 5.73 Å². The Hall–Kier alpha value is -2.43. The summed E-state index contributed by atoms with van der Waals surface area (Å²) < 4.78 is 26.9. The molecule has 0 aliphatic heterocycles. The van der Waals surface area contributed by atoms with Crippen LogP contribution >= 0.6 is 0 Å². The second-order valence-corrected chi connectivity index (χ2v) is 9.43. The smallest absolute Gasteiger partial charge is 0.179 e. The van der Waals surface area contributed by atoms with Gasteiger partial charge >= 0.3 is 0 Å². The summed E-state index contributed by atoms with van der Waals surface area (Å²) in [6, 6.07) is 22.8. The molecule has 3 nitrogen and oxygen atoms in total. The van der Waals surface area contributed by atoms with Crippen LogP contribution in [0.1, 0.15) is 39.8 Å². The molecule has 0 aromatic heterocycles. The number of hydrogen-bond donors (Lipinski definition) is 1. The first-order valence-electron chi connectivity index (χ1n) is 9.45. The Morgan fingerprint density at radius 3 is 1.75 bits per heavy atom. The number of nitrogens with two attached hydrogens (primary N) is 1. The minimum Gasteiger partial charge on any atom is -0.323 e. The van der Waals surface area contributed by atoms with Crippen LogP contribution in [0.15, 0.2) is 77.7 Å². The summed E-state index contributed by atoms with van der Waals surface area (Å²) in [5, 5.41) is 0. The predicted molar refractivity (Wildman–Crippen MR) is 115 cm³/mol. The fourth-order valence-corrected chi connectivity index (χ4v) is 6.13. The van der Waals surface area contributed by atoms with E-state index in [2.05, 4.69) is 0 Å². The lowest BCUT2D eigenvalue weighted by Crippen LogP contribution is -2.27. The molecule has 0 bridgehead atoms. The molecule has 2 atom stereocenters. The highest BCUT2D eigenvalue weighted by molar-refractivity contribution is 7.91. The van der Waals surface area contributed by atoms with E-state index in [0.29, 0.717) is 4.90 Å². The monoisotopic (exact) mass is 393 g/mol. The summed E-state index contributed by atoms with van der Waals surface area (Å²) in [7, 11) is -3.52. The molecule has 4 heteroatoms. The van der Waals surface area contributed by atoms with Gasteiger partial charge in [-0.05, 0) is 43.0 Å². The van der Waals surface area contributed by atoms with E-state index in [9.17, 15) is 8.42 Å². The van der Waals surface area contributed by atoms with Gasteiger partial charge in [0.25, 0.3) is 0 Å². The van der Waals surface area contributed by atoms with E-state index in [1.807, 2.05) is 93.6 Å². The molecule has 3 aromatic rings. The van der Waals surface area contributed by atoms with Crippen LogP contribution in [0.3, 0.4) is 0 Å². The average Bonchev–Trinajstić information content (AvgIpc) is 2.66. The quantitative estimate of drug-likeness (QED) is 0.650. The normalized spacial score (nSPS) is 13.9. The second-order valence-electron chi connectivity index (χ2n) is 7.46. The standard InChI is InChI=1S/C24H27NO2S/c1-17-14-18(2)24(19(3)15-17)28(26,27)16-22(20-10-6-4-7-11-20)23(25)21-12-8-5-9-13-21/h4-15,22-23H,16,25H2,1-3H3/t22-,23-/m0/s1. The average molecular weight is 394 g/mol. The van der Waals surface area contributed by atoms with Crippen molar-refractivity contribution in [1.29, 1.82) is 0 Å². The summed E-state index contributed by atoms with van der Waals surface area (Å²) in [5.41, 5.74) is 11.1. The Labute approximate surface area is 168 Å². The summed E-state index contributed by atoms with van der Waals surface area (Å²) >= 11 is 0. The molecule has 0 aliphatic rings. The Morgan fingerprint density at radius 2 is 1.25 bits per heavy atom. The molecule has 0 fully saturated rings. The van der Waals surface area contributed by atoms with E-state index in [-0.39, 0.29) is 11.7 Å². The highest BCUT2D eigenvalue weighted by atomic mass is 32.2. The van der Waals surface area contributed by atoms with Gasteiger partial charge in [0, 0.05) is 12.0 Å². The first kappa shape index (κ1) is 20.3. The Balaban J connectivity index is 2.05. The fraction of sp³-hybridized carbons (Fsp3) is 0.250. The molecule has 3 aromatic carbocycles. The van der Waals surface area contributed by atoms with Gasteiger partial charge < -0.3 is 5.73 Å². The predicted octanol–water partition coefficient (Wildman–Crippen LogP) is 4.87. The molecule has 0 saturated heterocycles. The third-order valence-electron chi connectivity index (χ3n) is 5.16. The number of rotatable bonds is 6. The minimum absolute atomic E-state index is 0.0299. The van der Waals surface area contributed by atoms with Crippen molar-refractivity contribution in [3.05, 3.63) is 101 Å². The van der Waals surface area contributed by atoms with Crippen LogP contribution in [0.25, 0.3) is 0 Å². The Bertz CT molecular complexity index is 1020. The van der Waals surface area contributed by atoms with Crippen LogP contribution in [-0.4, -0.2) is 14.2 Å². The molecule has 2 N–H and O–H groups in total. The van der Waals surface area contributed by atoms with Crippen molar-refractivity contribution in [2.45, 2.75) is 37.6 Å². The number of benzene rings is 3. The molecule has 3 rings (SSSR count). The van der Waals surface area contributed by atoms with E-state index < -0.39 is 15.9 Å². The molecule has 0 spiro atoms. The molecule has 0 unspecified atom stereocenters. The van der Waals surface area contributed by atoms with Crippen molar-refractivity contribution < 1.29 is 8.42 Å². The van der Waals surface area contributed by atoms with Gasteiger partial charge in [-0.15, -0.1) is 0 Å². The van der Waals surface area contributed by atoms with Crippen molar-refractivity contribution in [3.8, 4) is 0 Å². The third kappa shape index (κ3) is 4.34. The van der Waals surface area contributed by atoms with Gasteiger partial charge in [0.2, 0.25) is 0 Å². The highest BCUT2D eigenvalue weighted by Crippen LogP contribution is 2.33. The van der Waals surface area contributed by atoms with Crippen LogP contribution in [0, 0.1) is 20.8 Å². The zero-order valence-corrected chi connectivity index (χ0v) is 17.4. The summed E-state index contributed by atoms with van der Waals surface area (Å²) in [6.45, 7) is 5.71. The maximum Gasteiger partial charge on any atom is 0.179 e. The Morgan fingerprint density at radius 1 is 0.786 bits per heavy atom. The molecule has 0 heterocycles. The van der Waals surface area contributed by atoms with E-state index in [0.717, 1.165) is 27.8 Å². The van der Waals surface area contributed by atoms with E-state index in [1.54, 1.807) is 0 Å². The first-order valence-corrected chi connectivity index (χ1v) is 11.1. The van der Waals surface area contributed by atoms with Crippen LogP contribution in [0.4, 0.5) is 0 Å². The number of hydrogen-bond acceptors (Lipinski definition) is 3. The van der Waals surface area contributed by atoms with Gasteiger partial charge in [0.15, 0.2) is 9.84 Å². The zero-order chi connectivity index (χ0) is 20.3. The van der Waals surface area contributed by atoms with Crippen molar-refractivity contribution in [3.63, 3.8) is 0 Å². The zero-order valence-electron chi connectivity index (χ0n) is 16.6. The summed E-state index contributed by atoms with van der Waals surface area (Å²) in [4.78, 5) is 0.430. The lowest BCUT2D eigenvalue weighted by atomic mass is 9.89. The summed E-state index contributed by atoms with van der Waals surface area (Å²) in [6.07, 6.45) is 0. The van der Waals surface area contributed by atoms with Gasteiger partial charge in [0.05, 0.1) is 10.6 Å². The van der Waals surface area contributed by atoms with Crippen LogP contribution < -0.4 is 5.73 Å². The Kier molecular flexibility index (Phi) is 6.01. The molecular weight excluding hydrogens is 366 g/mol. The van der Waals surface area contributed by atoms with Gasteiger partial charge in [-0.3, -0.25) is 0 Å². The number of aryl methyl sites for hydroxylation is 3. The van der Waals surface area contributed by atoms with Crippen molar-refractivity contribution in [1.82, 2.24) is 0 Å². The highest BCUT2D eigenvalue weighted by Gasteiger charge is 2.30. The molecule has 0 amide bonds. The van der Waals surface area contributed by atoms with Crippen molar-refractivity contribution >= 4 is 9.84 Å². The van der Waals surface area contributed by atoms with Crippen LogP contribution in [0.5, 0.6) is 0 Å². The lowest BCUT2D eigenvalue weighted by Gasteiger charge is -2.25. The van der Waals surface area contributed by atoms with Gasteiger partial charge in [-0.1, -0.05) is 78.4 Å². The van der Waals surface area contributed by atoms with Gasteiger partial charge in [-0.25, -0.2) is 8.42 Å². The van der Waals surface area contributed by atoms with E-state index >= 15 is 0 Å². The maximum absolute atomic E-state index is 13.4. The molecule has 0 saturated carbocycles. The van der Waals surface area contributed by atoms with Gasteiger partial charge in [-0.2, -0.15) is 0 Å². The SMILES string of the molecule is Cc1cc(C)c(S(=O)(=O)C[C@@H](c2ccccc2)[C@@H](N)c2ccccc2)c(C)c1. The van der Waals surface area contributed by atoms with Crippen molar-refractivity contribution in [2.24, 2.45) is 5.73 Å². The summed E-state index contributed by atoms with van der Waals surface area (Å²) in [5.74, 6) is -0.369. The van der Waals surface area contributed by atoms with Gasteiger partial charge in [0.1, 0.15) is 0 Å². The largest absolute Gasteiger partial charge is 0.323 e. The number of sulfone groups is 1. The molecule has 0 radical (unpaired) electrons. The topological polar surface area (TPSA) is 60.2 Å². The maximum atomic E-state index is 13.4. The molecule has 28 heavy (non-hydrogen) atoms. The molecule has 146 valence electrons. The lowest BCUT2D eigenvalue weighted by molar-refractivity contribution is 0.558. The fourth-order valence-electron chi connectivity index (χ4n) is 3.99. The van der Waals surface area contributed by atoms with Crippen LogP contribution in [0.2, 0.25) is 0 Å². The van der Waals surface area contributed by atoms with Crippen molar-refractivity contribution in [2.75, 3.05) is 5.75 Å². The molecular formula is C24H27NO2S. The third-order valence-corrected chi connectivity index (χ3v) is 7.22. The second kappa shape index (κ2) is 8.29. The molecule has 0 aliphatic carbocycles. The van der Waals surface area contributed by atoms with E-state index in [1.165, 1.54) is 0 Å².